The highest BCUT2D eigenvalue weighted by molar-refractivity contribution is 5.93. The molecule has 3 nitrogen and oxygen atoms in total. The minimum Gasteiger partial charge on any atom is -0.267 e. The van der Waals surface area contributed by atoms with Crippen molar-refractivity contribution in [3.8, 4) is 0 Å². The Balaban J connectivity index is 1.84. The van der Waals surface area contributed by atoms with Gasteiger partial charge in [0.1, 0.15) is 6.10 Å². The van der Waals surface area contributed by atoms with Crippen molar-refractivity contribution in [1.82, 2.24) is 5.06 Å². The number of fused-ring (bicyclic) bond motifs is 2. The smallest absolute Gasteiger partial charge is 0.267 e. The van der Waals surface area contributed by atoms with Crippen LogP contribution in [0.3, 0.4) is 0 Å². The first-order valence-electron chi connectivity index (χ1n) is 5.58. The molecular formula is C13H13NO2. The summed E-state index contributed by atoms with van der Waals surface area (Å²) in [5, 5.41) is 1.52. The van der Waals surface area contributed by atoms with Crippen LogP contribution in [0.15, 0.2) is 42.5 Å². The molecule has 0 unspecified atom stereocenters. The molecule has 3 aliphatic rings. The minimum atomic E-state index is -0.0420. The lowest BCUT2D eigenvalue weighted by molar-refractivity contribution is -0.197. The SMILES string of the molecule is O=C(c1ccccc1)N1O[C@@H]2C=C[C@H]1CC2. The average molecular weight is 215 g/mol. The number of carbonyl (C=O) groups is 1. The molecule has 1 aromatic rings. The van der Waals surface area contributed by atoms with E-state index < -0.39 is 0 Å². The third-order valence-corrected chi connectivity index (χ3v) is 3.07. The number of hydrogen-bond donors (Lipinski definition) is 0. The molecule has 0 radical (unpaired) electrons. The zero-order chi connectivity index (χ0) is 11.0. The molecular weight excluding hydrogens is 202 g/mol. The van der Waals surface area contributed by atoms with Crippen LogP contribution in [0.25, 0.3) is 0 Å². The van der Waals surface area contributed by atoms with E-state index in [-0.39, 0.29) is 18.1 Å². The van der Waals surface area contributed by atoms with Gasteiger partial charge in [-0.2, -0.15) is 0 Å². The van der Waals surface area contributed by atoms with Gasteiger partial charge in [0, 0.05) is 5.56 Å². The van der Waals surface area contributed by atoms with Crippen LogP contribution in [0.5, 0.6) is 0 Å². The Morgan fingerprint density at radius 1 is 1.19 bits per heavy atom. The molecule has 4 rings (SSSR count). The second-order valence-electron chi connectivity index (χ2n) is 4.17. The summed E-state index contributed by atoms with van der Waals surface area (Å²) in [6.45, 7) is 0. The van der Waals surface area contributed by atoms with Gasteiger partial charge in [-0.3, -0.25) is 9.63 Å². The van der Waals surface area contributed by atoms with Gasteiger partial charge in [-0.15, -0.1) is 0 Å². The zero-order valence-electron chi connectivity index (χ0n) is 8.87. The van der Waals surface area contributed by atoms with Gasteiger partial charge in [0.15, 0.2) is 0 Å². The maximum atomic E-state index is 12.2. The summed E-state index contributed by atoms with van der Waals surface area (Å²) in [6.07, 6.45) is 6.21. The lowest BCUT2D eigenvalue weighted by Gasteiger charge is -2.40. The maximum Gasteiger partial charge on any atom is 0.278 e. The van der Waals surface area contributed by atoms with Crippen LogP contribution >= 0.6 is 0 Å². The Hall–Kier alpha value is -1.61. The molecule has 2 atom stereocenters. The van der Waals surface area contributed by atoms with Crippen molar-refractivity contribution in [3.05, 3.63) is 48.0 Å². The van der Waals surface area contributed by atoms with Crippen LogP contribution in [0.2, 0.25) is 0 Å². The molecule has 1 fully saturated rings. The molecule has 1 saturated heterocycles. The summed E-state index contributed by atoms with van der Waals surface area (Å²) in [5.74, 6) is -0.0420. The fourth-order valence-electron chi connectivity index (χ4n) is 2.19. The molecule has 2 bridgehead atoms. The zero-order valence-corrected chi connectivity index (χ0v) is 8.87. The van der Waals surface area contributed by atoms with Gasteiger partial charge in [0.25, 0.3) is 5.91 Å². The highest BCUT2D eigenvalue weighted by atomic mass is 16.7. The van der Waals surface area contributed by atoms with E-state index in [0.717, 1.165) is 12.8 Å². The van der Waals surface area contributed by atoms with Crippen molar-refractivity contribution in [2.24, 2.45) is 0 Å². The van der Waals surface area contributed by atoms with Crippen molar-refractivity contribution < 1.29 is 9.63 Å². The van der Waals surface area contributed by atoms with E-state index in [0.29, 0.717) is 5.56 Å². The van der Waals surface area contributed by atoms with Crippen molar-refractivity contribution in [2.75, 3.05) is 0 Å². The number of hydroxylamine groups is 2. The Morgan fingerprint density at radius 2 is 2.00 bits per heavy atom. The van der Waals surface area contributed by atoms with Crippen LogP contribution < -0.4 is 0 Å². The van der Waals surface area contributed by atoms with E-state index in [1.165, 1.54) is 5.06 Å². The lowest BCUT2D eigenvalue weighted by atomic mass is 9.98. The van der Waals surface area contributed by atoms with Gasteiger partial charge in [0.2, 0.25) is 0 Å². The van der Waals surface area contributed by atoms with E-state index in [9.17, 15) is 4.79 Å². The third-order valence-electron chi connectivity index (χ3n) is 3.07. The molecule has 82 valence electrons. The average Bonchev–Trinajstić information content (AvgIpc) is 2.40. The first-order chi connectivity index (χ1) is 7.84. The van der Waals surface area contributed by atoms with Crippen LogP contribution in [0, 0.1) is 0 Å². The van der Waals surface area contributed by atoms with Crippen LogP contribution in [-0.4, -0.2) is 23.1 Å². The van der Waals surface area contributed by atoms with E-state index in [1.807, 2.05) is 36.4 Å². The number of carbonyl (C=O) groups excluding carboxylic acids is 1. The number of amides is 1. The Morgan fingerprint density at radius 3 is 2.56 bits per heavy atom. The topological polar surface area (TPSA) is 29.5 Å². The van der Waals surface area contributed by atoms with Crippen molar-refractivity contribution in [3.63, 3.8) is 0 Å². The summed E-state index contributed by atoms with van der Waals surface area (Å²) < 4.78 is 0. The number of benzene rings is 1. The molecule has 2 aliphatic heterocycles. The number of nitrogens with zero attached hydrogens (tertiary/aromatic N) is 1. The molecule has 3 heteroatoms. The monoisotopic (exact) mass is 215 g/mol. The quantitative estimate of drug-likeness (QED) is 0.672. The molecule has 2 heterocycles. The second kappa shape index (κ2) is 3.76. The largest absolute Gasteiger partial charge is 0.278 e. The molecule has 0 spiro atoms. The van der Waals surface area contributed by atoms with E-state index in [1.54, 1.807) is 0 Å². The molecule has 0 N–H and O–H groups in total. The fraction of sp³-hybridized carbons (Fsp3) is 0.308. The van der Waals surface area contributed by atoms with E-state index in [2.05, 4.69) is 6.08 Å². The third kappa shape index (κ3) is 1.53. The standard InChI is InChI=1S/C13H13NO2/c15-13(10-4-2-1-3-5-10)14-11-6-8-12(16-14)9-7-11/h1-6,8,11-12H,7,9H2/t11-,12+/m0/s1. The second-order valence-corrected chi connectivity index (χ2v) is 4.17. The highest BCUT2D eigenvalue weighted by Gasteiger charge is 2.34. The summed E-state index contributed by atoms with van der Waals surface area (Å²) in [4.78, 5) is 17.8. The Kier molecular flexibility index (Phi) is 2.26. The van der Waals surface area contributed by atoms with Crippen molar-refractivity contribution in [1.29, 1.82) is 0 Å². The van der Waals surface area contributed by atoms with Gasteiger partial charge in [-0.05, 0) is 25.0 Å². The summed E-state index contributed by atoms with van der Waals surface area (Å²) >= 11 is 0. The molecule has 0 aromatic heterocycles. The van der Waals surface area contributed by atoms with E-state index >= 15 is 0 Å². The fourth-order valence-corrected chi connectivity index (χ4v) is 2.19. The summed E-state index contributed by atoms with van der Waals surface area (Å²) in [7, 11) is 0. The number of hydrogen-bond acceptors (Lipinski definition) is 2. The molecule has 1 aromatic carbocycles. The predicted molar refractivity (Wildman–Crippen MR) is 59.6 cm³/mol. The molecule has 1 amide bonds. The molecule has 16 heavy (non-hydrogen) atoms. The number of rotatable bonds is 1. The first-order valence-corrected chi connectivity index (χ1v) is 5.58. The Labute approximate surface area is 94.3 Å². The Bertz CT molecular complexity index is 427. The normalized spacial score (nSPS) is 27.1. The van der Waals surface area contributed by atoms with Crippen molar-refractivity contribution >= 4 is 5.91 Å². The minimum absolute atomic E-state index is 0.0420. The van der Waals surface area contributed by atoms with Crippen LogP contribution in [0.1, 0.15) is 23.2 Å². The van der Waals surface area contributed by atoms with Gasteiger partial charge < -0.3 is 0 Å². The molecule has 1 aliphatic carbocycles. The van der Waals surface area contributed by atoms with E-state index in [4.69, 9.17) is 4.84 Å². The summed E-state index contributed by atoms with van der Waals surface area (Å²) in [6, 6.07) is 9.38. The lowest BCUT2D eigenvalue weighted by Crippen LogP contribution is -2.48. The van der Waals surface area contributed by atoms with Gasteiger partial charge in [-0.25, -0.2) is 5.06 Å². The molecule has 0 saturated carbocycles. The maximum absolute atomic E-state index is 12.2. The van der Waals surface area contributed by atoms with Gasteiger partial charge in [0.05, 0.1) is 6.04 Å². The van der Waals surface area contributed by atoms with Crippen LogP contribution in [-0.2, 0) is 4.84 Å². The summed E-state index contributed by atoms with van der Waals surface area (Å²) in [5.41, 5.74) is 0.684. The highest BCUT2D eigenvalue weighted by Crippen LogP contribution is 2.28. The van der Waals surface area contributed by atoms with Gasteiger partial charge in [-0.1, -0.05) is 30.4 Å². The van der Waals surface area contributed by atoms with Crippen LogP contribution in [0.4, 0.5) is 0 Å². The van der Waals surface area contributed by atoms with Gasteiger partial charge >= 0.3 is 0 Å². The van der Waals surface area contributed by atoms with Crippen molar-refractivity contribution in [2.45, 2.75) is 25.0 Å². The predicted octanol–water partition coefficient (Wildman–Crippen LogP) is 2.16. The first kappa shape index (κ1) is 9.60.